The van der Waals surface area contributed by atoms with E-state index in [4.69, 9.17) is 4.74 Å². The molecule has 5 atom stereocenters. The van der Waals surface area contributed by atoms with E-state index in [0.29, 0.717) is 6.42 Å². The molecule has 0 saturated heterocycles. The number of rotatable bonds is 3. The molecule has 3 rings (SSSR count). The summed E-state index contributed by atoms with van der Waals surface area (Å²) in [6.45, 7) is 2.04. The Morgan fingerprint density at radius 2 is 2.00 bits per heavy atom. The molecule has 26 heavy (non-hydrogen) atoms. The minimum absolute atomic E-state index is 0.182. The molecule has 0 N–H and O–H groups in total. The summed E-state index contributed by atoms with van der Waals surface area (Å²) in [4.78, 5) is 0.182. The predicted molar refractivity (Wildman–Crippen MR) is 95.7 cm³/mol. The highest BCUT2D eigenvalue weighted by Crippen LogP contribution is 2.39. The van der Waals surface area contributed by atoms with E-state index in [1.54, 1.807) is 0 Å². The molecule has 1 aromatic carbocycles. The van der Waals surface area contributed by atoms with E-state index in [1.165, 1.54) is 11.1 Å². The lowest BCUT2D eigenvalue weighted by atomic mass is 9.85. The Morgan fingerprint density at radius 1 is 1.23 bits per heavy atom. The molecule has 0 heterocycles. The number of hydrogen-bond acceptors (Lipinski definition) is 1. The number of alkyl halides is 5. The summed E-state index contributed by atoms with van der Waals surface area (Å²) < 4.78 is 58.7. The quantitative estimate of drug-likeness (QED) is 0.247. The summed E-state index contributed by atoms with van der Waals surface area (Å²) in [5.74, 6) is 2.07. The Morgan fingerprint density at radius 3 is 2.69 bits per heavy atom. The average molecular weight is 431 g/mol. The topological polar surface area (TPSA) is 9.23 Å². The average Bonchev–Trinajstić information content (AvgIpc) is 2.76. The predicted octanol–water partition coefficient (Wildman–Crippen LogP) is 5.99. The van der Waals surface area contributed by atoms with Crippen LogP contribution < -0.4 is 0 Å². The number of allylic oxidation sites excluding steroid dienone is 1. The van der Waals surface area contributed by atoms with E-state index in [-0.39, 0.29) is 10.9 Å². The van der Waals surface area contributed by atoms with E-state index >= 15 is 0 Å². The molecule has 0 saturated carbocycles. The van der Waals surface area contributed by atoms with E-state index in [9.17, 15) is 17.6 Å². The van der Waals surface area contributed by atoms with Gasteiger partial charge in [-0.25, -0.2) is 4.39 Å². The first-order chi connectivity index (χ1) is 12.3. The van der Waals surface area contributed by atoms with E-state index in [0.717, 1.165) is 30.6 Å². The van der Waals surface area contributed by atoms with Crippen molar-refractivity contribution >= 4 is 15.9 Å². The van der Waals surface area contributed by atoms with E-state index < -0.39 is 24.4 Å². The lowest BCUT2D eigenvalue weighted by Crippen LogP contribution is -2.26. The molecule has 140 valence electrons. The van der Waals surface area contributed by atoms with Gasteiger partial charge in [0.25, 0.3) is 0 Å². The Balaban J connectivity index is 1.83. The van der Waals surface area contributed by atoms with Gasteiger partial charge < -0.3 is 4.74 Å². The maximum Gasteiger partial charge on any atom is 0.405 e. The molecule has 2 aliphatic carbocycles. The van der Waals surface area contributed by atoms with Gasteiger partial charge in [0.2, 0.25) is 0 Å². The standard InChI is InChI=1S/C20H19BrF4O/c1-12(21)14-4-2-6-16-15(14)5-3-7-18(16)26-19-11-9-13(20(23,24)25)8-10-17(19)22/h2,4,6,9,11-13,17-19H,3,5,7H2,1H3. The van der Waals surface area contributed by atoms with Crippen LogP contribution in [0, 0.1) is 17.8 Å². The maximum atomic E-state index is 14.3. The maximum absolute atomic E-state index is 14.3. The highest BCUT2D eigenvalue weighted by atomic mass is 79.9. The Labute approximate surface area is 158 Å². The monoisotopic (exact) mass is 430 g/mol. The molecule has 1 nitrogen and oxygen atoms in total. The molecule has 0 aliphatic heterocycles. The van der Waals surface area contributed by atoms with Crippen LogP contribution in [0.2, 0.25) is 0 Å². The van der Waals surface area contributed by atoms with Crippen LogP contribution in [0.3, 0.4) is 0 Å². The second kappa shape index (κ2) is 7.74. The zero-order chi connectivity index (χ0) is 18.9. The minimum Gasteiger partial charge on any atom is -0.362 e. The molecular formula is C20H19BrF4O. The van der Waals surface area contributed by atoms with Crippen molar-refractivity contribution < 1.29 is 22.3 Å². The molecule has 0 amide bonds. The normalized spacial score (nSPS) is 29.3. The first-order valence-corrected chi connectivity index (χ1v) is 9.50. The van der Waals surface area contributed by atoms with E-state index in [1.807, 2.05) is 31.0 Å². The van der Waals surface area contributed by atoms with Crippen LogP contribution >= 0.6 is 15.9 Å². The van der Waals surface area contributed by atoms with Gasteiger partial charge in [-0.1, -0.05) is 58.1 Å². The molecule has 1 aromatic rings. The van der Waals surface area contributed by atoms with Crippen LogP contribution in [0.25, 0.3) is 0 Å². The summed E-state index contributed by atoms with van der Waals surface area (Å²) in [5.41, 5.74) is 3.34. The van der Waals surface area contributed by atoms with Gasteiger partial charge in [0.05, 0.1) is 6.10 Å². The Kier molecular flexibility index (Phi) is 5.78. The molecule has 0 bridgehead atoms. The number of ether oxygens (including phenoxy) is 1. The van der Waals surface area contributed by atoms with Gasteiger partial charge in [0.15, 0.2) is 6.17 Å². The molecule has 0 fully saturated rings. The fraction of sp³-hybridized carbons (Fsp3) is 0.500. The molecule has 0 spiro atoms. The zero-order valence-corrected chi connectivity index (χ0v) is 15.8. The SMILES string of the molecule is CC(Br)c1cccc2c1CCCC2OC1C=CC(C(F)(F)F)C#CC1F. The molecule has 5 unspecified atom stereocenters. The summed E-state index contributed by atoms with van der Waals surface area (Å²) in [6.07, 6.45) is -3.16. The lowest BCUT2D eigenvalue weighted by Gasteiger charge is -2.30. The van der Waals surface area contributed by atoms with Gasteiger partial charge in [0.1, 0.15) is 12.0 Å². The Hall–Kier alpha value is -1.32. The highest BCUT2D eigenvalue weighted by Gasteiger charge is 2.38. The highest BCUT2D eigenvalue weighted by molar-refractivity contribution is 9.09. The molecule has 0 radical (unpaired) electrons. The van der Waals surface area contributed by atoms with Gasteiger partial charge >= 0.3 is 6.18 Å². The third kappa shape index (κ3) is 4.15. The fourth-order valence-electron chi connectivity index (χ4n) is 3.46. The van der Waals surface area contributed by atoms with Crippen LogP contribution in [-0.2, 0) is 11.2 Å². The van der Waals surface area contributed by atoms with Crippen molar-refractivity contribution in [3.05, 3.63) is 47.0 Å². The van der Waals surface area contributed by atoms with Crippen molar-refractivity contribution in [1.29, 1.82) is 0 Å². The van der Waals surface area contributed by atoms with Crippen molar-refractivity contribution in [3.63, 3.8) is 0 Å². The number of hydrogen-bond donors (Lipinski definition) is 0. The van der Waals surface area contributed by atoms with Gasteiger partial charge in [-0.3, -0.25) is 0 Å². The summed E-state index contributed by atoms with van der Waals surface area (Å²) in [5, 5.41) is 0. The van der Waals surface area contributed by atoms with Crippen molar-refractivity contribution in [2.45, 2.75) is 55.6 Å². The van der Waals surface area contributed by atoms with Crippen molar-refractivity contribution in [3.8, 4) is 11.8 Å². The first-order valence-electron chi connectivity index (χ1n) is 8.58. The van der Waals surface area contributed by atoms with Crippen molar-refractivity contribution in [1.82, 2.24) is 0 Å². The lowest BCUT2D eigenvalue weighted by molar-refractivity contribution is -0.146. The van der Waals surface area contributed by atoms with Crippen LogP contribution in [0.4, 0.5) is 17.6 Å². The third-order valence-electron chi connectivity index (χ3n) is 4.75. The van der Waals surface area contributed by atoms with Crippen LogP contribution in [0.15, 0.2) is 30.4 Å². The molecule has 0 aromatic heterocycles. The largest absolute Gasteiger partial charge is 0.405 e. The second-order valence-corrected chi connectivity index (χ2v) is 7.98. The van der Waals surface area contributed by atoms with Crippen molar-refractivity contribution in [2.24, 2.45) is 5.92 Å². The summed E-state index contributed by atoms with van der Waals surface area (Å²) >= 11 is 3.59. The van der Waals surface area contributed by atoms with Crippen LogP contribution in [0.5, 0.6) is 0 Å². The third-order valence-corrected chi connectivity index (χ3v) is 5.24. The smallest absolute Gasteiger partial charge is 0.362 e. The second-order valence-electron chi connectivity index (χ2n) is 6.61. The molecule has 2 aliphatic rings. The molecular weight excluding hydrogens is 412 g/mol. The number of benzene rings is 1. The summed E-state index contributed by atoms with van der Waals surface area (Å²) in [6, 6.07) is 5.93. The fourth-order valence-corrected chi connectivity index (χ4v) is 3.89. The minimum atomic E-state index is -4.50. The molecule has 6 heteroatoms. The van der Waals surface area contributed by atoms with Gasteiger partial charge in [-0.15, -0.1) is 0 Å². The van der Waals surface area contributed by atoms with Crippen molar-refractivity contribution in [2.75, 3.05) is 0 Å². The van der Waals surface area contributed by atoms with Crippen LogP contribution in [0.1, 0.15) is 47.4 Å². The first kappa shape index (κ1) is 19.4. The van der Waals surface area contributed by atoms with Crippen LogP contribution in [-0.4, -0.2) is 18.5 Å². The zero-order valence-electron chi connectivity index (χ0n) is 14.2. The Bertz CT molecular complexity index is 744. The summed E-state index contributed by atoms with van der Waals surface area (Å²) in [7, 11) is 0. The van der Waals surface area contributed by atoms with E-state index in [2.05, 4.69) is 21.9 Å². The van der Waals surface area contributed by atoms with Gasteiger partial charge in [0, 0.05) is 4.83 Å². The van der Waals surface area contributed by atoms with Gasteiger partial charge in [-0.05, 0) is 42.9 Å². The number of fused-ring (bicyclic) bond motifs is 1. The number of halogens is 5. The van der Waals surface area contributed by atoms with Gasteiger partial charge in [-0.2, -0.15) is 13.2 Å².